The zero-order valence-corrected chi connectivity index (χ0v) is 14.0. The minimum absolute atomic E-state index is 0.216. The molecule has 0 aromatic carbocycles. The Morgan fingerprint density at radius 3 is 2.70 bits per heavy atom. The summed E-state index contributed by atoms with van der Waals surface area (Å²) in [6.07, 6.45) is 2.23. The van der Waals surface area contributed by atoms with Crippen molar-refractivity contribution in [3.8, 4) is 0 Å². The lowest BCUT2D eigenvalue weighted by Crippen LogP contribution is -2.40. The standard InChI is InChI=1S/C15H25BrN2O2/c1-12(19)9-18-7-5-13(6-8-18)10-17(2)11-14-3-4-15(16)20-14/h3-4,12-13,19H,5-11H2,1-2H3. The van der Waals surface area contributed by atoms with Crippen molar-refractivity contribution in [1.82, 2.24) is 9.80 Å². The number of aliphatic hydroxyl groups excluding tert-OH is 1. The normalized spacial score (nSPS) is 19.6. The van der Waals surface area contributed by atoms with Crippen LogP contribution in [0, 0.1) is 5.92 Å². The van der Waals surface area contributed by atoms with Gasteiger partial charge in [0, 0.05) is 13.1 Å². The predicted octanol–water partition coefficient (Wildman–Crippen LogP) is 2.57. The molecule has 0 aliphatic carbocycles. The van der Waals surface area contributed by atoms with Crippen LogP contribution in [-0.2, 0) is 6.54 Å². The van der Waals surface area contributed by atoms with Gasteiger partial charge in [0.1, 0.15) is 5.76 Å². The van der Waals surface area contributed by atoms with Crippen LogP contribution >= 0.6 is 15.9 Å². The summed E-state index contributed by atoms with van der Waals surface area (Å²) in [4.78, 5) is 4.70. The Morgan fingerprint density at radius 1 is 1.45 bits per heavy atom. The van der Waals surface area contributed by atoms with E-state index >= 15 is 0 Å². The molecular formula is C15H25BrN2O2. The summed E-state index contributed by atoms with van der Waals surface area (Å²) in [5.74, 6) is 1.76. The predicted molar refractivity (Wildman–Crippen MR) is 83.6 cm³/mol. The number of hydrogen-bond acceptors (Lipinski definition) is 4. The lowest BCUT2D eigenvalue weighted by Gasteiger charge is -2.34. The molecule has 1 saturated heterocycles. The number of likely N-dealkylation sites (tertiary alicyclic amines) is 1. The first-order chi connectivity index (χ1) is 9.52. The lowest BCUT2D eigenvalue weighted by molar-refractivity contribution is 0.0912. The number of piperidine rings is 1. The molecule has 1 unspecified atom stereocenters. The molecule has 114 valence electrons. The number of hydrogen-bond donors (Lipinski definition) is 1. The van der Waals surface area contributed by atoms with Crippen LogP contribution in [0.1, 0.15) is 25.5 Å². The Labute approximate surface area is 129 Å². The van der Waals surface area contributed by atoms with Crippen LogP contribution in [-0.4, -0.2) is 54.2 Å². The molecule has 0 spiro atoms. The Bertz CT molecular complexity index is 400. The summed E-state index contributed by atoms with van der Waals surface area (Å²) in [5.41, 5.74) is 0. The van der Waals surface area contributed by atoms with Gasteiger partial charge in [-0.15, -0.1) is 0 Å². The van der Waals surface area contributed by atoms with E-state index in [2.05, 4.69) is 32.8 Å². The third-order valence-corrected chi connectivity index (χ3v) is 4.28. The maximum Gasteiger partial charge on any atom is 0.169 e. The fourth-order valence-electron chi connectivity index (χ4n) is 2.93. The van der Waals surface area contributed by atoms with Gasteiger partial charge in [-0.2, -0.15) is 0 Å². The smallest absolute Gasteiger partial charge is 0.169 e. The van der Waals surface area contributed by atoms with Crippen molar-refractivity contribution in [1.29, 1.82) is 0 Å². The number of rotatable bonds is 6. The van der Waals surface area contributed by atoms with E-state index in [0.29, 0.717) is 0 Å². The summed E-state index contributed by atoms with van der Waals surface area (Å²) in [6, 6.07) is 3.96. The molecule has 0 saturated carbocycles. The van der Waals surface area contributed by atoms with Gasteiger partial charge in [0.25, 0.3) is 0 Å². The van der Waals surface area contributed by atoms with Gasteiger partial charge in [-0.25, -0.2) is 0 Å². The Hall–Kier alpha value is -0.360. The summed E-state index contributed by atoms with van der Waals surface area (Å²) >= 11 is 3.34. The molecule has 2 heterocycles. The van der Waals surface area contributed by atoms with Crippen molar-refractivity contribution < 1.29 is 9.52 Å². The maximum absolute atomic E-state index is 9.42. The molecule has 1 N–H and O–H groups in total. The molecule has 4 nitrogen and oxygen atoms in total. The van der Waals surface area contributed by atoms with E-state index in [9.17, 15) is 5.11 Å². The molecule has 1 aliphatic rings. The van der Waals surface area contributed by atoms with Crippen LogP contribution in [0.5, 0.6) is 0 Å². The highest BCUT2D eigenvalue weighted by atomic mass is 79.9. The summed E-state index contributed by atoms with van der Waals surface area (Å²) < 4.78 is 6.34. The first-order valence-corrected chi connectivity index (χ1v) is 8.15. The van der Waals surface area contributed by atoms with Crippen molar-refractivity contribution in [3.63, 3.8) is 0 Å². The second kappa shape index (κ2) is 7.59. The van der Waals surface area contributed by atoms with Crippen LogP contribution in [0.3, 0.4) is 0 Å². The van der Waals surface area contributed by atoms with E-state index < -0.39 is 0 Å². The molecule has 0 amide bonds. The van der Waals surface area contributed by atoms with E-state index in [1.807, 2.05) is 19.1 Å². The zero-order valence-electron chi connectivity index (χ0n) is 12.4. The summed E-state index contributed by atoms with van der Waals surface area (Å²) in [5, 5.41) is 9.42. The zero-order chi connectivity index (χ0) is 14.5. The molecule has 1 fully saturated rings. The average molecular weight is 345 g/mol. The van der Waals surface area contributed by atoms with Crippen LogP contribution in [0.25, 0.3) is 0 Å². The van der Waals surface area contributed by atoms with Gasteiger partial charge >= 0.3 is 0 Å². The van der Waals surface area contributed by atoms with Gasteiger partial charge in [-0.05, 0) is 73.9 Å². The monoisotopic (exact) mass is 344 g/mol. The van der Waals surface area contributed by atoms with Crippen molar-refractivity contribution in [2.24, 2.45) is 5.92 Å². The summed E-state index contributed by atoms with van der Waals surface area (Å²) in [6.45, 7) is 6.86. The highest BCUT2D eigenvalue weighted by Crippen LogP contribution is 2.20. The summed E-state index contributed by atoms with van der Waals surface area (Å²) in [7, 11) is 2.15. The molecule has 0 bridgehead atoms. The molecule has 1 aromatic rings. The molecule has 1 atom stereocenters. The fourth-order valence-corrected chi connectivity index (χ4v) is 3.27. The van der Waals surface area contributed by atoms with Gasteiger partial charge < -0.3 is 14.4 Å². The fraction of sp³-hybridized carbons (Fsp3) is 0.733. The van der Waals surface area contributed by atoms with Gasteiger partial charge in [-0.3, -0.25) is 4.90 Å². The van der Waals surface area contributed by atoms with Gasteiger partial charge in [-0.1, -0.05) is 0 Å². The SMILES string of the molecule is CC(O)CN1CCC(CN(C)Cc2ccc(Br)o2)CC1. The van der Waals surface area contributed by atoms with Crippen LogP contribution in [0.2, 0.25) is 0 Å². The van der Waals surface area contributed by atoms with E-state index in [1.54, 1.807) is 0 Å². The van der Waals surface area contributed by atoms with Gasteiger partial charge in [0.2, 0.25) is 0 Å². The number of furan rings is 1. The van der Waals surface area contributed by atoms with Crippen LogP contribution in [0.4, 0.5) is 0 Å². The van der Waals surface area contributed by atoms with Crippen molar-refractivity contribution in [3.05, 3.63) is 22.6 Å². The quantitative estimate of drug-likeness (QED) is 0.860. The highest BCUT2D eigenvalue weighted by Gasteiger charge is 2.21. The van der Waals surface area contributed by atoms with E-state index in [-0.39, 0.29) is 6.10 Å². The Morgan fingerprint density at radius 2 is 2.15 bits per heavy atom. The minimum Gasteiger partial charge on any atom is -0.453 e. The van der Waals surface area contributed by atoms with Crippen molar-refractivity contribution in [2.45, 2.75) is 32.4 Å². The molecule has 20 heavy (non-hydrogen) atoms. The van der Waals surface area contributed by atoms with Crippen LogP contribution < -0.4 is 0 Å². The third kappa shape index (κ3) is 5.20. The molecule has 1 aliphatic heterocycles. The number of nitrogens with zero attached hydrogens (tertiary/aromatic N) is 2. The number of aliphatic hydroxyl groups is 1. The maximum atomic E-state index is 9.42. The largest absolute Gasteiger partial charge is 0.453 e. The third-order valence-electron chi connectivity index (χ3n) is 3.85. The van der Waals surface area contributed by atoms with E-state index in [0.717, 1.165) is 49.1 Å². The number of β-amino-alcohol motifs (C(OH)–C–C–N with tert-alkyl or cyclic N) is 1. The lowest BCUT2D eigenvalue weighted by atomic mass is 9.96. The average Bonchev–Trinajstić information content (AvgIpc) is 2.76. The Balaban J connectivity index is 1.69. The first kappa shape index (κ1) is 16.0. The molecule has 2 rings (SSSR count). The van der Waals surface area contributed by atoms with Gasteiger partial charge in [0.15, 0.2) is 4.67 Å². The molecular weight excluding hydrogens is 320 g/mol. The topological polar surface area (TPSA) is 39.9 Å². The minimum atomic E-state index is -0.216. The molecule has 5 heteroatoms. The number of halogens is 1. The van der Waals surface area contributed by atoms with Crippen molar-refractivity contribution >= 4 is 15.9 Å². The van der Waals surface area contributed by atoms with E-state index in [1.165, 1.54) is 12.8 Å². The molecule has 0 radical (unpaired) electrons. The first-order valence-electron chi connectivity index (χ1n) is 7.36. The van der Waals surface area contributed by atoms with E-state index in [4.69, 9.17) is 4.42 Å². The second-order valence-electron chi connectivity index (χ2n) is 6.00. The molecule has 1 aromatic heterocycles. The Kier molecular flexibility index (Phi) is 6.08. The second-order valence-corrected chi connectivity index (χ2v) is 6.78. The highest BCUT2D eigenvalue weighted by molar-refractivity contribution is 9.10. The van der Waals surface area contributed by atoms with Gasteiger partial charge in [0.05, 0.1) is 12.6 Å². The van der Waals surface area contributed by atoms with Crippen LogP contribution in [0.15, 0.2) is 21.2 Å². The van der Waals surface area contributed by atoms with Crippen molar-refractivity contribution in [2.75, 3.05) is 33.2 Å².